The molecule has 0 radical (unpaired) electrons. The number of esters is 1. The number of carbonyl (C=O) groups is 3. The number of hydrogen-bond acceptors (Lipinski definition) is 6. The number of allylic oxidation sites excluding steroid dienone is 4. The van der Waals surface area contributed by atoms with Crippen molar-refractivity contribution in [3.63, 3.8) is 0 Å². The van der Waals surface area contributed by atoms with Crippen molar-refractivity contribution in [3.8, 4) is 0 Å². The summed E-state index contributed by atoms with van der Waals surface area (Å²) in [6.07, 6.45) is -0.267. The van der Waals surface area contributed by atoms with E-state index in [9.17, 15) is 24.6 Å². The van der Waals surface area contributed by atoms with Gasteiger partial charge in [0.15, 0.2) is 18.1 Å². The molecule has 35 heavy (non-hydrogen) atoms. The third kappa shape index (κ3) is 3.28. The van der Waals surface area contributed by atoms with Gasteiger partial charge in [-0.1, -0.05) is 19.9 Å². The molecule has 0 heterocycles. The molecule has 0 saturated heterocycles. The monoisotopic (exact) mass is 497 g/mol. The minimum Gasteiger partial charge on any atom is -0.457 e. The standard InChI is InChI=1S/C27H36F2O6/c1-14-9-16-17-11-19(28)18-10-15(30)7-8-24(18,5)26(17,29)20(31)12-25(16,6)27(14,34)21(32)13-35-22(33)23(2,3)4/h7-8,10,14,16-17,19-20,31,34H,9,11-13H2,1-6H3/t14-,16+,17+,19+,20+,24+,25+,26+,27+/m1/s1/i2D3. The summed E-state index contributed by atoms with van der Waals surface area (Å²) in [5.41, 5.74) is -9.40. The van der Waals surface area contributed by atoms with Gasteiger partial charge in [0.25, 0.3) is 0 Å². The fraction of sp³-hybridized carbons (Fsp3) is 0.741. The highest BCUT2D eigenvalue weighted by Crippen LogP contribution is 2.70. The molecule has 0 aliphatic heterocycles. The number of fused-ring (bicyclic) bond motifs is 5. The predicted molar refractivity (Wildman–Crippen MR) is 124 cm³/mol. The third-order valence-electron chi connectivity index (χ3n) is 9.48. The van der Waals surface area contributed by atoms with Gasteiger partial charge in [-0.15, -0.1) is 0 Å². The molecular formula is C27H36F2O6. The van der Waals surface area contributed by atoms with E-state index in [1.54, 1.807) is 13.8 Å². The van der Waals surface area contributed by atoms with E-state index in [-0.39, 0.29) is 24.8 Å². The molecule has 0 aromatic carbocycles. The third-order valence-corrected chi connectivity index (χ3v) is 9.48. The molecule has 8 heteroatoms. The molecule has 0 aromatic heterocycles. The van der Waals surface area contributed by atoms with Gasteiger partial charge in [-0.05, 0) is 76.4 Å². The minimum absolute atomic E-state index is 0.0208. The number of alkyl halides is 2. The Hall–Kier alpha value is -1.93. The van der Waals surface area contributed by atoms with E-state index in [4.69, 9.17) is 8.85 Å². The highest BCUT2D eigenvalue weighted by atomic mass is 19.1. The molecule has 194 valence electrons. The maximum absolute atomic E-state index is 17.2. The fourth-order valence-corrected chi connectivity index (χ4v) is 7.56. The topological polar surface area (TPSA) is 101 Å². The zero-order valence-corrected chi connectivity index (χ0v) is 20.7. The number of carbonyl (C=O) groups excluding carboxylic acids is 3. The van der Waals surface area contributed by atoms with Crippen molar-refractivity contribution in [1.82, 2.24) is 0 Å². The maximum atomic E-state index is 17.2. The molecule has 0 spiro atoms. The van der Waals surface area contributed by atoms with Crippen LogP contribution >= 0.6 is 0 Å². The summed E-state index contributed by atoms with van der Waals surface area (Å²) in [6.45, 7) is 3.38. The molecule has 4 aliphatic carbocycles. The summed E-state index contributed by atoms with van der Waals surface area (Å²) in [4.78, 5) is 38.0. The summed E-state index contributed by atoms with van der Waals surface area (Å²) >= 11 is 0. The van der Waals surface area contributed by atoms with Crippen molar-refractivity contribution in [2.75, 3.05) is 6.61 Å². The van der Waals surface area contributed by atoms with Gasteiger partial charge in [-0.3, -0.25) is 14.4 Å². The van der Waals surface area contributed by atoms with Gasteiger partial charge in [0.2, 0.25) is 5.78 Å². The van der Waals surface area contributed by atoms with Crippen LogP contribution < -0.4 is 0 Å². The number of aliphatic hydroxyl groups is 2. The number of Topliss-reactive ketones (excluding diaryl/α,β-unsaturated/α-hetero) is 1. The first-order valence-electron chi connectivity index (χ1n) is 13.6. The van der Waals surface area contributed by atoms with Crippen LogP contribution in [-0.2, 0) is 19.1 Å². The van der Waals surface area contributed by atoms with Crippen molar-refractivity contribution in [3.05, 3.63) is 23.8 Å². The van der Waals surface area contributed by atoms with Crippen molar-refractivity contribution in [2.24, 2.45) is 34.0 Å². The van der Waals surface area contributed by atoms with E-state index in [0.717, 1.165) is 6.08 Å². The minimum atomic E-state index is -2.69. The molecule has 4 aliphatic rings. The molecule has 0 amide bonds. The Kier molecular flexibility index (Phi) is 4.95. The lowest BCUT2D eigenvalue weighted by atomic mass is 9.44. The SMILES string of the molecule is [2H]C([2H])([2H])C(C)(C)C(=O)OCC(=O)[C@@]1(O)[C@H](C)C[C@H]2[C@@H]3C[C@H](F)C4=CC(=O)C=C[C@]4(C)[C@@]3(F)[C@@H](O)C[C@@]21C. The van der Waals surface area contributed by atoms with Gasteiger partial charge in [-0.25, -0.2) is 8.78 Å². The molecule has 0 unspecified atom stereocenters. The van der Waals surface area contributed by atoms with Crippen LogP contribution in [0.4, 0.5) is 8.78 Å². The quantitative estimate of drug-likeness (QED) is 0.580. The summed E-state index contributed by atoms with van der Waals surface area (Å²) < 4.78 is 60.4. The molecular weight excluding hydrogens is 458 g/mol. The highest BCUT2D eigenvalue weighted by Gasteiger charge is 2.76. The summed E-state index contributed by atoms with van der Waals surface area (Å²) in [7, 11) is 0. The van der Waals surface area contributed by atoms with Crippen LogP contribution in [0.15, 0.2) is 23.8 Å². The van der Waals surface area contributed by atoms with Crippen molar-refractivity contribution in [2.45, 2.75) is 84.3 Å². The van der Waals surface area contributed by atoms with E-state index < -0.39 is 88.5 Å². The molecule has 9 atom stereocenters. The Balaban J connectivity index is 1.67. The van der Waals surface area contributed by atoms with Crippen LogP contribution in [0, 0.1) is 34.0 Å². The Morgan fingerprint density at radius 1 is 1.29 bits per heavy atom. The van der Waals surface area contributed by atoms with E-state index in [2.05, 4.69) is 0 Å². The van der Waals surface area contributed by atoms with Crippen LogP contribution in [0.3, 0.4) is 0 Å². The van der Waals surface area contributed by atoms with Crippen molar-refractivity contribution < 1.29 is 42.2 Å². The van der Waals surface area contributed by atoms with Crippen LogP contribution in [0.25, 0.3) is 0 Å². The smallest absolute Gasteiger partial charge is 0.311 e. The van der Waals surface area contributed by atoms with Crippen molar-refractivity contribution >= 4 is 17.5 Å². The Labute approximate surface area is 209 Å². The summed E-state index contributed by atoms with van der Waals surface area (Å²) in [6, 6.07) is 0. The molecule has 0 bridgehead atoms. The fourth-order valence-electron chi connectivity index (χ4n) is 7.56. The normalized spacial score (nSPS) is 48.5. The molecule has 0 aromatic rings. The first kappa shape index (κ1) is 22.3. The zero-order valence-electron chi connectivity index (χ0n) is 23.7. The summed E-state index contributed by atoms with van der Waals surface area (Å²) in [5, 5.41) is 23.2. The van der Waals surface area contributed by atoms with Gasteiger partial charge < -0.3 is 14.9 Å². The van der Waals surface area contributed by atoms with Crippen LogP contribution in [0.5, 0.6) is 0 Å². The van der Waals surface area contributed by atoms with Gasteiger partial charge in [-0.2, -0.15) is 0 Å². The van der Waals surface area contributed by atoms with Crippen LogP contribution in [-0.4, -0.2) is 57.9 Å². The van der Waals surface area contributed by atoms with Gasteiger partial charge in [0, 0.05) is 20.9 Å². The molecule has 3 saturated carbocycles. The molecule has 3 fully saturated rings. The van der Waals surface area contributed by atoms with Crippen LogP contribution in [0.2, 0.25) is 0 Å². The molecule has 6 nitrogen and oxygen atoms in total. The number of rotatable bonds is 3. The molecule has 2 N–H and O–H groups in total. The predicted octanol–water partition coefficient (Wildman–Crippen LogP) is 3.44. The average Bonchev–Trinajstić information content (AvgIpc) is 3.01. The average molecular weight is 498 g/mol. The van der Waals surface area contributed by atoms with Gasteiger partial charge in [0.05, 0.1) is 11.5 Å². The lowest BCUT2D eigenvalue weighted by molar-refractivity contribution is -0.224. The number of halogens is 2. The Morgan fingerprint density at radius 3 is 2.57 bits per heavy atom. The van der Waals surface area contributed by atoms with Gasteiger partial charge >= 0.3 is 5.97 Å². The number of aliphatic hydroxyl groups excluding tert-OH is 1. The summed E-state index contributed by atoms with van der Waals surface area (Å²) in [5.74, 6) is -5.01. The van der Waals surface area contributed by atoms with E-state index in [1.165, 1.54) is 32.9 Å². The first-order valence-corrected chi connectivity index (χ1v) is 12.1. The maximum Gasteiger partial charge on any atom is 0.311 e. The second-order valence-electron chi connectivity index (χ2n) is 11.9. The largest absolute Gasteiger partial charge is 0.457 e. The Morgan fingerprint density at radius 2 is 1.94 bits per heavy atom. The van der Waals surface area contributed by atoms with Crippen LogP contribution in [0.1, 0.15) is 64.8 Å². The lowest BCUT2D eigenvalue weighted by Crippen LogP contribution is -2.70. The second-order valence-corrected chi connectivity index (χ2v) is 11.9. The molecule has 4 rings (SSSR count). The number of ether oxygens (including phenoxy) is 1. The van der Waals surface area contributed by atoms with E-state index in [1.807, 2.05) is 0 Å². The zero-order chi connectivity index (χ0) is 28.9. The first-order chi connectivity index (χ1) is 17.2. The van der Waals surface area contributed by atoms with Gasteiger partial charge in [0.1, 0.15) is 11.8 Å². The highest BCUT2D eigenvalue weighted by molar-refractivity contribution is 6.01. The Bertz CT molecular complexity index is 1130. The van der Waals surface area contributed by atoms with Crippen molar-refractivity contribution in [1.29, 1.82) is 0 Å². The second kappa shape index (κ2) is 7.78. The van der Waals surface area contributed by atoms with E-state index in [0.29, 0.717) is 0 Å². The lowest BCUT2D eigenvalue weighted by Gasteiger charge is -2.63. The number of hydrogen-bond donors (Lipinski definition) is 2. The van der Waals surface area contributed by atoms with E-state index >= 15 is 8.78 Å². The number of ketones is 2.